The molecular weight excluding hydrogens is 260 g/mol. The highest BCUT2D eigenvalue weighted by atomic mass is 15.1. The first-order valence-electron chi connectivity index (χ1n) is 8.37. The Morgan fingerprint density at radius 2 is 2.10 bits per heavy atom. The second kappa shape index (κ2) is 7.09. The molecule has 1 heterocycles. The molecule has 0 amide bonds. The summed E-state index contributed by atoms with van der Waals surface area (Å²) in [5, 5.41) is 12.8. The fourth-order valence-corrected chi connectivity index (χ4v) is 3.47. The Kier molecular flexibility index (Phi) is 5.41. The third-order valence-corrected chi connectivity index (χ3v) is 4.74. The average molecular weight is 288 g/mol. The summed E-state index contributed by atoms with van der Waals surface area (Å²) < 4.78 is 2.39. The quantitative estimate of drug-likeness (QED) is 0.838. The highest BCUT2D eigenvalue weighted by Crippen LogP contribution is 2.24. The predicted octanol–water partition coefficient (Wildman–Crippen LogP) is 3.13. The van der Waals surface area contributed by atoms with E-state index in [4.69, 9.17) is 4.98 Å². The Labute approximate surface area is 128 Å². The number of nitriles is 1. The fraction of sp³-hybridized carbons (Fsp3) is 0.765. The Balaban J connectivity index is 2.00. The summed E-state index contributed by atoms with van der Waals surface area (Å²) in [6.07, 6.45) is 7.65. The summed E-state index contributed by atoms with van der Waals surface area (Å²) in [4.78, 5) is 4.73. The smallest absolute Gasteiger partial charge is 0.106 e. The van der Waals surface area contributed by atoms with Gasteiger partial charge >= 0.3 is 0 Å². The SMILES string of the molecule is CCNC(C#N)(CC)CCCn1c(C)nc2c1CCCC2. The lowest BCUT2D eigenvalue weighted by Gasteiger charge is -2.26. The first-order chi connectivity index (χ1) is 10.2. The second-order valence-corrected chi connectivity index (χ2v) is 6.09. The first kappa shape index (κ1) is 16.0. The summed E-state index contributed by atoms with van der Waals surface area (Å²) in [6, 6.07) is 2.49. The van der Waals surface area contributed by atoms with Gasteiger partial charge in [0.2, 0.25) is 0 Å². The molecule has 0 fully saturated rings. The molecule has 4 heteroatoms. The van der Waals surface area contributed by atoms with Gasteiger partial charge in [-0.1, -0.05) is 13.8 Å². The normalized spacial score (nSPS) is 17.0. The highest BCUT2D eigenvalue weighted by Gasteiger charge is 2.26. The number of hydrogen-bond acceptors (Lipinski definition) is 3. The monoisotopic (exact) mass is 288 g/mol. The van der Waals surface area contributed by atoms with Crippen molar-refractivity contribution in [2.75, 3.05) is 6.54 Å². The van der Waals surface area contributed by atoms with Gasteiger partial charge in [-0.2, -0.15) is 5.26 Å². The average Bonchev–Trinajstić information content (AvgIpc) is 2.82. The number of nitrogens with zero attached hydrogens (tertiary/aromatic N) is 3. The molecule has 1 aromatic rings. The third-order valence-electron chi connectivity index (χ3n) is 4.74. The molecule has 2 rings (SSSR count). The van der Waals surface area contributed by atoms with Crippen molar-refractivity contribution < 1.29 is 0 Å². The number of imidazole rings is 1. The highest BCUT2D eigenvalue weighted by molar-refractivity contribution is 5.20. The van der Waals surface area contributed by atoms with Gasteiger partial charge in [0, 0.05) is 12.2 Å². The van der Waals surface area contributed by atoms with E-state index in [0.717, 1.165) is 44.6 Å². The molecule has 21 heavy (non-hydrogen) atoms. The molecule has 1 atom stereocenters. The zero-order valence-electron chi connectivity index (χ0n) is 13.7. The van der Waals surface area contributed by atoms with Crippen LogP contribution in [0, 0.1) is 18.3 Å². The molecule has 0 aliphatic heterocycles. The molecule has 0 saturated heterocycles. The lowest BCUT2D eigenvalue weighted by Crippen LogP contribution is -2.43. The molecule has 0 bridgehead atoms. The molecule has 0 radical (unpaired) electrons. The molecule has 1 unspecified atom stereocenters. The minimum Gasteiger partial charge on any atom is -0.332 e. The van der Waals surface area contributed by atoms with Crippen LogP contribution in [-0.4, -0.2) is 21.6 Å². The largest absolute Gasteiger partial charge is 0.332 e. The van der Waals surface area contributed by atoms with Crippen LogP contribution in [0.1, 0.15) is 63.2 Å². The molecule has 1 aromatic heterocycles. The van der Waals surface area contributed by atoms with Crippen LogP contribution >= 0.6 is 0 Å². The van der Waals surface area contributed by atoms with Crippen molar-refractivity contribution in [3.8, 4) is 6.07 Å². The van der Waals surface area contributed by atoms with Gasteiger partial charge in [-0.25, -0.2) is 4.98 Å². The van der Waals surface area contributed by atoms with Crippen LogP contribution in [0.4, 0.5) is 0 Å². The van der Waals surface area contributed by atoms with Gasteiger partial charge in [-0.05, 0) is 58.4 Å². The number of aryl methyl sites for hydroxylation is 2. The van der Waals surface area contributed by atoms with Crippen LogP contribution in [0.2, 0.25) is 0 Å². The van der Waals surface area contributed by atoms with E-state index in [1.54, 1.807) is 0 Å². The fourth-order valence-electron chi connectivity index (χ4n) is 3.47. The number of nitrogens with one attached hydrogen (secondary N) is 1. The first-order valence-corrected chi connectivity index (χ1v) is 8.37. The van der Waals surface area contributed by atoms with Crippen molar-refractivity contribution in [2.45, 2.75) is 77.8 Å². The van der Waals surface area contributed by atoms with Crippen molar-refractivity contribution in [3.63, 3.8) is 0 Å². The van der Waals surface area contributed by atoms with E-state index in [2.05, 4.69) is 36.7 Å². The number of aromatic nitrogens is 2. The molecule has 4 nitrogen and oxygen atoms in total. The van der Waals surface area contributed by atoms with Crippen LogP contribution < -0.4 is 5.32 Å². The maximum Gasteiger partial charge on any atom is 0.106 e. The lowest BCUT2D eigenvalue weighted by molar-refractivity contribution is 0.360. The van der Waals surface area contributed by atoms with Crippen LogP contribution in [0.15, 0.2) is 0 Å². The van der Waals surface area contributed by atoms with Gasteiger partial charge < -0.3 is 4.57 Å². The molecular formula is C17H28N4. The van der Waals surface area contributed by atoms with Crippen LogP contribution in [0.5, 0.6) is 0 Å². The third kappa shape index (κ3) is 3.47. The van der Waals surface area contributed by atoms with E-state index in [0.29, 0.717) is 0 Å². The molecule has 0 saturated carbocycles. The number of fused-ring (bicyclic) bond motifs is 1. The number of hydrogen-bond donors (Lipinski definition) is 1. The maximum atomic E-state index is 9.48. The van der Waals surface area contributed by atoms with E-state index in [1.807, 2.05) is 0 Å². The van der Waals surface area contributed by atoms with E-state index in [-0.39, 0.29) is 5.54 Å². The summed E-state index contributed by atoms with van der Waals surface area (Å²) in [6.45, 7) is 8.11. The van der Waals surface area contributed by atoms with E-state index < -0.39 is 0 Å². The number of rotatable bonds is 7. The van der Waals surface area contributed by atoms with Crippen molar-refractivity contribution in [1.29, 1.82) is 5.26 Å². The summed E-state index contributed by atoms with van der Waals surface area (Å²) in [5.41, 5.74) is 2.40. The van der Waals surface area contributed by atoms with Gasteiger partial charge in [0.05, 0.1) is 11.8 Å². The van der Waals surface area contributed by atoms with E-state index in [1.165, 1.54) is 30.7 Å². The molecule has 1 aliphatic rings. The molecule has 0 aromatic carbocycles. The van der Waals surface area contributed by atoms with Crippen molar-refractivity contribution in [1.82, 2.24) is 14.9 Å². The van der Waals surface area contributed by atoms with Gasteiger partial charge in [-0.15, -0.1) is 0 Å². The summed E-state index contributed by atoms with van der Waals surface area (Å²) >= 11 is 0. The minimum absolute atomic E-state index is 0.358. The summed E-state index contributed by atoms with van der Waals surface area (Å²) in [7, 11) is 0. The van der Waals surface area contributed by atoms with Crippen LogP contribution in [0.3, 0.4) is 0 Å². The molecule has 116 valence electrons. The van der Waals surface area contributed by atoms with E-state index >= 15 is 0 Å². The molecule has 1 aliphatic carbocycles. The zero-order chi connectivity index (χ0) is 15.3. The lowest BCUT2D eigenvalue weighted by atomic mass is 9.92. The Morgan fingerprint density at radius 1 is 1.33 bits per heavy atom. The maximum absolute atomic E-state index is 9.48. The standard InChI is InChI=1S/C17H28N4/c1-4-17(13-18,19-5-2)11-8-12-21-14(3)20-15-9-6-7-10-16(15)21/h19H,4-12H2,1-3H3. The van der Waals surface area contributed by atoms with Crippen LogP contribution in [0.25, 0.3) is 0 Å². The van der Waals surface area contributed by atoms with Gasteiger partial charge in [-0.3, -0.25) is 5.32 Å². The summed E-state index contributed by atoms with van der Waals surface area (Å²) in [5.74, 6) is 1.14. The van der Waals surface area contributed by atoms with Crippen molar-refractivity contribution in [2.24, 2.45) is 0 Å². The minimum atomic E-state index is -0.358. The van der Waals surface area contributed by atoms with Crippen molar-refractivity contribution >= 4 is 0 Å². The topological polar surface area (TPSA) is 53.6 Å². The van der Waals surface area contributed by atoms with Crippen molar-refractivity contribution in [3.05, 3.63) is 17.2 Å². The van der Waals surface area contributed by atoms with E-state index in [9.17, 15) is 5.26 Å². The molecule has 1 N–H and O–H groups in total. The Morgan fingerprint density at radius 3 is 2.76 bits per heavy atom. The predicted molar refractivity (Wildman–Crippen MR) is 85.2 cm³/mol. The van der Waals surface area contributed by atoms with Gasteiger partial charge in [0.25, 0.3) is 0 Å². The van der Waals surface area contributed by atoms with Gasteiger partial charge in [0.1, 0.15) is 11.4 Å². The Bertz CT molecular complexity index is 512. The van der Waals surface area contributed by atoms with Crippen LogP contribution in [-0.2, 0) is 19.4 Å². The Hall–Kier alpha value is -1.34. The second-order valence-electron chi connectivity index (χ2n) is 6.09. The van der Waals surface area contributed by atoms with Gasteiger partial charge in [0.15, 0.2) is 0 Å². The molecule has 0 spiro atoms. The zero-order valence-corrected chi connectivity index (χ0v) is 13.7.